The van der Waals surface area contributed by atoms with Gasteiger partial charge < -0.3 is 0 Å². The average Bonchev–Trinajstić information content (AvgIpc) is 2.38. The summed E-state index contributed by atoms with van der Waals surface area (Å²) in [6.45, 7) is 2.11. The van der Waals surface area contributed by atoms with E-state index < -0.39 is 17.5 Å². The smallest absolute Gasteiger partial charge is 0.131 e. The first-order valence-corrected chi connectivity index (χ1v) is 6.85. The van der Waals surface area contributed by atoms with Crippen molar-refractivity contribution in [3.63, 3.8) is 0 Å². The van der Waals surface area contributed by atoms with Crippen molar-refractivity contribution in [2.45, 2.75) is 32.6 Å². The molecule has 0 bridgehead atoms. The van der Waals surface area contributed by atoms with Crippen molar-refractivity contribution in [2.75, 3.05) is 0 Å². The highest BCUT2D eigenvalue weighted by Gasteiger charge is 2.09. The topological polar surface area (TPSA) is 0 Å². The van der Waals surface area contributed by atoms with Gasteiger partial charge in [-0.15, -0.1) is 0 Å². The lowest BCUT2D eigenvalue weighted by Crippen LogP contribution is -1.92. The van der Waals surface area contributed by atoms with E-state index in [2.05, 4.69) is 6.92 Å². The van der Waals surface area contributed by atoms with Crippen molar-refractivity contribution in [3.05, 3.63) is 59.4 Å². The molecule has 0 aliphatic heterocycles. The molecule has 20 heavy (non-hydrogen) atoms. The first kappa shape index (κ1) is 14.6. The van der Waals surface area contributed by atoms with Crippen LogP contribution in [0, 0.1) is 17.5 Å². The maximum Gasteiger partial charge on any atom is 0.131 e. The zero-order valence-corrected chi connectivity index (χ0v) is 11.4. The molecule has 0 amide bonds. The van der Waals surface area contributed by atoms with E-state index in [4.69, 9.17) is 0 Å². The molecular weight excluding hydrogens is 261 g/mol. The van der Waals surface area contributed by atoms with Gasteiger partial charge in [0.2, 0.25) is 0 Å². The Hall–Kier alpha value is -1.77. The molecule has 106 valence electrons. The summed E-state index contributed by atoms with van der Waals surface area (Å²) in [5.74, 6) is -1.85. The van der Waals surface area contributed by atoms with Gasteiger partial charge in [0, 0.05) is 11.6 Å². The van der Waals surface area contributed by atoms with Gasteiger partial charge in [-0.3, -0.25) is 0 Å². The molecule has 0 aliphatic rings. The minimum atomic E-state index is -0.702. The molecule has 0 nitrogen and oxygen atoms in total. The number of hydrogen-bond donors (Lipinski definition) is 0. The largest absolute Gasteiger partial charge is 0.207 e. The van der Waals surface area contributed by atoms with Gasteiger partial charge in [-0.05, 0) is 42.2 Å². The third-order valence-electron chi connectivity index (χ3n) is 3.28. The summed E-state index contributed by atoms with van der Waals surface area (Å²) in [4.78, 5) is 0. The number of unbranched alkanes of at least 4 members (excludes halogenated alkanes) is 2. The predicted octanol–water partition coefficient (Wildman–Crippen LogP) is 5.50. The van der Waals surface area contributed by atoms with Crippen LogP contribution in [-0.4, -0.2) is 0 Å². The van der Waals surface area contributed by atoms with Gasteiger partial charge in [-0.2, -0.15) is 0 Å². The van der Waals surface area contributed by atoms with Crippen LogP contribution in [0.1, 0.15) is 31.7 Å². The van der Waals surface area contributed by atoms with E-state index >= 15 is 0 Å². The third-order valence-corrected chi connectivity index (χ3v) is 3.28. The van der Waals surface area contributed by atoms with Crippen LogP contribution in [-0.2, 0) is 6.42 Å². The molecule has 0 saturated heterocycles. The molecule has 0 unspecified atom stereocenters. The molecular formula is C17H17F3. The zero-order valence-electron chi connectivity index (χ0n) is 11.4. The number of rotatable bonds is 5. The Balaban J connectivity index is 2.25. The summed E-state index contributed by atoms with van der Waals surface area (Å²) in [6.07, 6.45) is 4.06. The summed E-state index contributed by atoms with van der Waals surface area (Å²) in [5, 5.41) is 0. The highest BCUT2D eigenvalue weighted by Crippen LogP contribution is 2.25. The Labute approximate surface area is 117 Å². The normalized spacial score (nSPS) is 10.8. The van der Waals surface area contributed by atoms with Crippen molar-refractivity contribution in [2.24, 2.45) is 0 Å². The maximum absolute atomic E-state index is 14.1. The fourth-order valence-electron chi connectivity index (χ4n) is 2.24. The zero-order chi connectivity index (χ0) is 14.5. The summed E-state index contributed by atoms with van der Waals surface area (Å²) >= 11 is 0. The number of benzene rings is 2. The fraction of sp³-hybridized carbons (Fsp3) is 0.294. The molecule has 3 heteroatoms. The molecule has 0 atom stereocenters. The van der Waals surface area contributed by atoms with Gasteiger partial charge in [-0.25, -0.2) is 13.2 Å². The molecule has 2 aromatic rings. The van der Waals surface area contributed by atoms with Crippen molar-refractivity contribution in [1.29, 1.82) is 0 Å². The van der Waals surface area contributed by atoms with Crippen LogP contribution in [0.25, 0.3) is 11.1 Å². The van der Waals surface area contributed by atoms with Crippen LogP contribution >= 0.6 is 0 Å². The molecule has 0 N–H and O–H groups in total. The highest BCUT2D eigenvalue weighted by atomic mass is 19.1. The van der Waals surface area contributed by atoms with Gasteiger partial charge in [0.1, 0.15) is 17.5 Å². The van der Waals surface area contributed by atoms with Gasteiger partial charge in [0.05, 0.1) is 0 Å². The van der Waals surface area contributed by atoms with Gasteiger partial charge >= 0.3 is 0 Å². The van der Waals surface area contributed by atoms with E-state index in [0.29, 0.717) is 0 Å². The Bertz CT molecular complexity index is 571. The second-order valence-electron chi connectivity index (χ2n) is 4.93. The van der Waals surface area contributed by atoms with E-state index in [1.54, 1.807) is 6.07 Å². The third kappa shape index (κ3) is 3.62. The average molecular weight is 278 g/mol. The van der Waals surface area contributed by atoms with Crippen LogP contribution < -0.4 is 0 Å². The second-order valence-corrected chi connectivity index (χ2v) is 4.93. The van der Waals surface area contributed by atoms with Crippen LogP contribution in [0.5, 0.6) is 0 Å². The number of hydrogen-bond acceptors (Lipinski definition) is 0. The van der Waals surface area contributed by atoms with Gasteiger partial charge in [-0.1, -0.05) is 31.9 Å². The van der Waals surface area contributed by atoms with E-state index in [1.807, 2.05) is 6.07 Å². The molecule has 2 aromatic carbocycles. The van der Waals surface area contributed by atoms with Gasteiger partial charge in [0.15, 0.2) is 0 Å². The molecule has 2 rings (SSSR count). The summed E-state index contributed by atoms with van der Waals surface area (Å²) in [5.41, 5.74) is 1.36. The summed E-state index contributed by atoms with van der Waals surface area (Å²) < 4.78 is 40.4. The molecule has 0 spiro atoms. The maximum atomic E-state index is 14.1. The van der Waals surface area contributed by atoms with E-state index in [-0.39, 0.29) is 11.1 Å². The molecule has 0 saturated carbocycles. The molecule has 0 fully saturated rings. The van der Waals surface area contributed by atoms with Crippen LogP contribution in [0.3, 0.4) is 0 Å². The van der Waals surface area contributed by atoms with Crippen molar-refractivity contribution in [1.82, 2.24) is 0 Å². The van der Waals surface area contributed by atoms with E-state index in [0.717, 1.165) is 49.4 Å². The molecule has 0 aromatic heterocycles. The Morgan fingerprint density at radius 2 is 1.55 bits per heavy atom. The highest BCUT2D eigenvalue weighted by molar-refractivity contribution is 5.64. The Kier molecular flexibility index (Phi) is 4.83. The fourth-order valence-corrected chi connectivity index (χ4v) is 2.24. The van der Waals surface area contributed by atoms with E-state index in [1.165, 1.54) is 6.07 Å². The summed E-state index contributed by atoms with van der Waals surface area (Å²) in [6, 6.07) is 7.91. The minimum absolute atomic E-state index is 0.222. The first-order valence-electron chi connectivity index (χ1n) is 6.85. The lowest BCUT2D eigenvalue weighted by atomic mass is 10.0. The SMILES string of the molecule is CCCCCc1ccc(-c2cc(F)cc(F)c2)c(F)c1. The van der Waals surface area contributed by atoms with Crippen LogP contribution in [0.2, 0.25) is 0 Å². The lowest BCUT2D eigenvalue weighted by molar-refractivity contribution is 0.583. The molecule has 0 aliphatic carbocycles. The van der Waals surface area contributed by atoms with Gasteiger partial charge in [0.25, 0.3) is 0 Å². The number of halogens is 3. The quantitative estimate of drug-likeness (QED) is 0.633. The Morgan fingerprint density at radius 3 is 2.15 bits per heavy atom. The second kappa shape index (κ2) is 6.60. The standard InChI is InChI=1S/C17H17F3/c1-2-3-4-5-12-6-7-16(17(20)8-12)13-9-14(18)11-15(19)10-13/h6-11H,2-5H2,1H3. The predicted molar refractivity (Wildman–Crippen MR) is 75.0 cm³/mol. The summed E-state index contributed by atoms with van der Waals surface area (Å²) in [7, 11) is 0. The monoisotopic (exact) mass is 278 g/mol. The molecule has 0 heterocycles. The van der Waals surface area contributed by atoms with E-state index in [9.17, 15) is 13.2 Å². The minimum Gasteiger partial charge on any atom is -0.207 e. The Morgan fingerprint density at radius 1 is 0.850 bits per heavy atom. The van der Waals surface area contributed by atoms with Crippen molar-refractivity contribution in [3.8, 4) is 11.1 Å². The first-order chi connectivity index (χ1) is 9.60. The van der Waals surface area contributed by atoms with Crippen molar-refractivity contribution >= 4 is 0 Å². The lowest BCUT2D eigenvalue weighted by Gasteiger charge is -2.07. The van der Waals surface area contributed by atoms with Crippen molar-refractivity contribution < 1.29 is 13.2 Å². The van der Waals surface area contributed by atoms with Crippen LogP contribution in [0.15, 0.2) is 36.4 Å². The van der Waals surface area contributed by atoms with Crippen LogP contribution in [0.4, 0.5) is 13.2 Å². The molecule has 0 radical (unpaired) electrons. The number of aryl methyl sites for hydroxylation is 1.